The Hall–Kier alpha value is -1.50. The van der Waals surface area contributed by atoms with Gasteiger partial charge in [-0.15, -0.1) is 11.8 Å². The summed E-state index contributed by atoms with van der Waals surface area (Å²) in [6.07, 6.45) is 1.98. The highest BCUT2D eigenvalue weighted by molar-refractivity contribution is 7.98. The summed E-state index contributed by atoms with van der Waals surface area (Å²) < 4.78 is 31.9. The number of sulfonamides is 1. The lowest BCUT2D eigenvalue weighted by Crippen LogP contribution is -2.26. The summed E-state index contributed by atoms with van der Waals surface area (Å²) in [5.41, 5.74) is 1.92. The molecule has 124 valence electrons. The van der Waals surface area contributed by atoms with Gasteiger partial charge >= 0.3 is 0 Å². The van der Waals surface area contributed by atoms with Crippen LogP contribution >= 0.6 is 11.8 Å². The fraction of sp³-hybridized carbons (Fsp3) is 0.294. The van der Waals surface area contributed by atoms with Crippen molar-refractivity contribution in [2.24, 2.45) is 0 Å². The SMILES string of the molecule is COc1cc(CN(C)S(=O)(=O)c2ccc(C)cc2)ccc1SC. The third-order valence-corrected chi connectivity index (χ3v) is 6.18. The summed E-state index contributed by atoms with van der Waals surface area (Å²) in [6, 6.07) is 12.6. The maximum Gasteiger partial charge on any atom is 0.243 e. The van der Waals surface area contributed by atoms with Crippen LogP contribution in [0.5, 0.6) is 5.75 Å². The number of ether oxygens (including phenoxy) is 1. The number of thioether (sulfide) groups is 1. The molecule has 2 rings (SSSR count). The van der Waals surface area contributed by atoms with Crippen molar-refractivity contribution >= 4 is 21.8 Å². The van der Waals surface area contributed by atoms with Gasteiger partial charge in [0, 0.05) is 18.5 Å². The van der Waals surface area contributed by atoms with Crippen molar-refractivity contribution in [1.29, 1.82) is 0 Å². The maximum absolute atomic E-state index is 12.6. The zero-order chi connectivity index (χ0) is 17.0. The van der Waals surface area contributed by atoms with Gasteiger partial charge < -0.3 is 4.74 Å². The lowest BCUT2D eigenvalue weighted by molar-refractivity contribution is 0.402. The van der Waals surface area contributed by atoms with Gasteiger partial charge in [0.05, 0.1) is 12.0 Å². The van der Waals surface area contributed by atoms with Crippen molar-refractivity contribution in [2.45, 2.75) is 23.3 Å². The molecular weight excluding hydrogens is 330 g/mol. The standard InChI is InChI=1S/C17H21NO3S2/c1-13-5-8-15(9-6-13)23(19,20)18(2)12-14-7-10-17(22-4)16(11-14)21-3/h5-11H,12H2,1-4H3. The second kappa shape index (κ2) is 7.38. The Balaban J connectivity index is 2.24. The molecule has 0 saturated heterocycles. The Bertz CT molecular complexity index is 771. The topological polar surface area (TPSA) is 46.6 Å². The molecule has 0 spiro atoms. The average molecular weight is 351 g/mol. The quantitative estimate of drug-likeness (QED) is 0.747. The van der Waals surface area contributed by atoms with Crippen LogP contribution in [0.2, 0.25) is 0 Å². The Labute approximate surface area is 142 Å². The fourth-order valence-corrected chi connectivity index (χ4v) is 3.92. The molecule has 0 aliphatic heterocycles. The Morgan fingerprint density at radius 2 is 1.78 bits per heavy atom. The number of nitrogens with zero attached hydrogens (tertiary/aromatic N) is 1. The van der Waals surface area contributed by atoms with Crippen LogP contribution in [-0.4, -0.2) is 33.1 Å². The molecule has 0 saturated carbocycles. The van der Waals surface area contributed by atoms with Gasteiger partial charge in [0.2, 0.25) is 10.0 Å². The van der Waals surface area contributed by atoms with Crippen LogP contribution in [0.3, 0.4) is 0 Å². The summed E-state index contributed by atoms with van der Waals surface area (Å²) in [7, 11) is -0.298. The minimum Gasteiger partial charge on any atom is -0.496 e. The predicted octanol–water partition coefficient (Wildman–Crippen LogP) is 3.55. The molecule has 0 amide bonds. The van der Waals surface area contributed by atoms with Gasteiger partial charge in [-0.1, -0.05) is 23.8 Å². The molecule has 4 nitrogen and oxygen atoms in total. The van der Waals surface area contributed by atoms with E-state index in [1.807, 2.05) is 31.4 Å². The predicted molar refractivity (Wildman–Crippen MR) is 94.6 cm³/mol. The molecule has 0 atom stereocenters. The monoisotopic (exact) mass is 351 g/mol. The van der Waals surface area contributed by atoms with E-state index in [1.54, 1.807) is 50.2 Å². The van der Waals surface area contributed by atoms with Gasteiger partial charge in [0.1, 0.15) is 5.75 Å². The normalized spacial score (nSPS) is 11.7. The zero-order valence-electron chi connectivity index (χ0n) is 13.7. The van der Waals surface area contributed by atoms with Crippen LogP contribution in [0.15, 0.2) is 52.3 Å². The highest BCUT2D eigenvalue weighted by Crippen LogP contribution is 2.29. The molecule has 23 heavy (non-hydrogen) atoms. The first-order valence-electron chi connectivity index (χ1n) is 7.12. The van der Waals surface area contributed by atoms with E-state index < -0.39 is 10.0 Å². The Morgan fingerprint density at radius 1 is 1.13 bits per heavy atom. The van der Waals surface area contributed by atoms with Crippen LogP contribution < -0.4 is 4.74 Å². The minimum atomic E-state index is -3.50. The van der Waals surface area contributed by atoms with Crippen molar-refractivity contribution in [1.82, 2.24) is 4.31 Å². The molecule has 0 aliphatic carbocycles. The summed E-state index contributed by atoms with van der Waals surface area (Å²) in [5, 5.41) is 0. The number of rotatable bonds is 6. The van der Waals surface area contributed by atoms with Crippen molar-refractivity contribution < 1.29 is 13.2 Å². The molecule has 6 heteroatoms. The summed E-state index contributed by atoms with van der Waals surface area (Å²) >= 11 is 1.59. The number of benzene rings is 2. The molecule has 0 aliphatic rings. The molecular formula is C17H21NO3S2. The van der Waals surface area contributed by atoms with Crippen molar-refractivity contribution in [2.75, 3.05) is 20.4 Å². The molecule has 0 bridgehead atoms. The molecule has 0 aromatic heterocycles. The van der Waals surface area contributed by atoms with E-state index >= 15 is 0 Å². The highest BCUT2D eigenvalue weighted by atomic mass is 32.2. The van der Waals surface area contributed by atoms with E-state index in [9.17, 15) is 8.42 Å². The molecule has 0 unspecified atom stereocenters. The number of methoxy groups -OCH3 is 1. The largest absolute Gasteiger partial charge is 0.496 e. The van der Waals surface area contributed by atoms with Crippen LogP contribution in [0.4, 0.5) is 0 Å². The number of hydrogen-bond donors (Lipinski definition) is 0. The third-order valence-electron chi connectivity index (χ3n) is 3.58. The molecule has 0 fully saturated rings. The Kier molecular flexibility index (Phi) is 5.73. The van der Waals surface area contributed by atoms with Gasteiger partial charge in [0.15, 0.2) is 0 Å². The van der Waals surface area contributed by atoms with E-state index in [0.29, 0.717) is 11.4 Å². The average Bonchev–Trinajstić information content (AvgIpc) is 2.55. The fourth-order valence-electron chi connectivity index (χ4n) is 2.21. The van der Waals surface area contributed by atoms with Gasteiger partial charge in [-0.25, -0.2) is 8.42 Å². The number of aryl methyl sites for hydroxylation is 1. The van der Waals surface area contributed by atoms with Crippen molar-refractivity contribution in [3.8, 4) is 5.75 Å². The van der Waals surface area contributed by atoms with Crippen LogP contribution in [0.25, 0.3) is 0 Å². The van der Waals surface area contributed by atoms with Crippen molar-refractivity contribution in [3.63, 3.8) is 0 Å². The number of hydrogen-bond acceptors (Lipinski definition) is 4. The van der Waals surface area contributed by atoms with E-state index in [2.05, 4.69) is 0 Å². The van der Waals surface area contributed by atoms with E-state index in [4.69, 9.17) is 4.74 Å². The molecule has 2 aromatic carbocycles. The van der Waals surface area contributed by atoms with E-state index in [0.717, 1.165) is 21.8 Å². The van der Waals surface area contributed by atoms with Gasteiger partial charge in [-0.05, 0) is 43.0 Å². The van der Waals surface area contributed by atoms with Gasteiger partial charge in [-0.3, -0.25) is 0 Å². The third kappa shape index (κ3) is 4.07. The zero-order valence-corrected chi connectivity index (χ0v) is 15.4. The first-order chi connectivity index (χ1) is 10.9. The van der Waals surface area contributed by atoms with Crippen LogP contribution in [-0.2, 0) is 16.6 Å². The summed E-state index contributed by atoms with van der Waals surface area (Å²) in [6.45, 7) is 2.22. The van der Waals surface area contributed by atoms with Gasteiger partial charge in [0.25, 0.3) is 0 Å². The lowest BCUT2D eigenvalue weighted by atomic mass is 10.2. The summed E-state index contributed by atoms with van der Waals surface area (Å²) in [5.74, 6) is 0.760. The van der Waals surface area contributed by atoms with Crippen molar-refractivity contribution in [3.05, 3.63) is 53.6 Å². The first-order valence-corrected chi connectivity index (χ1v) is 9.79. The van der Waals surface area contributed by atoms with Gasteiger partial charge in [-0.2, -0.15) is 4.31 Å². The molecule has 0 heterocycles. The molecule has 2 aromatic rings. The summed E-state index contributed by atoms with van der Waals surface area (Å²) in [4.78, 5) is 1.33. The minimum absolute atomic E-state index is 0.293. The second-order valence-corrected chi connectivity index (χ2v) is 8.16. The van der Waals surface area contributed by atoms with E-state index in [1.165, 1.54) is 4.31 Å². The first kappa shape index (κ1) is 17.8. The lowest BCUT2D eigenvalue weighted by Gasteiger charge is -2.18. The molecule has 0 radical (unpaired) electrons. The van der Waals surface area contributed by atoms with Crippen LogP contribution in [0, 0.1) is 6.92 Å². The van der Waals surface area contributed by atoms with Crippen LogP contribution in [0.1, 0.15) is 11.1 Å². The molecule has 0 N–H and O–H groups in total. The smallest absolute Gasteiger partial charge is 0.243 e. The second-order valence-electron chi connectivity index (χ2n) is 5.26. The van der Waals surface area contributed by atoms with E-state index in [-0.39, 0.29) is 0 Å². The Morgan fingerprint density at radius 3 is 2.35 bits per heavy atom. The highest BCUT2D eigenvalue weighted by Gasteiger charge is 2.21. The maximum atomic E-state index is 12.6.